The lowest BCUT2D eigenvalue weighted by Crippen LogP contribution is -2.45. The molecule has 1 saturated heterocycles. The van der Waals surface area contributed by atoms with Gasteiger partial charge in [-0.05, 0) is 32.3 Å². The van der Waals surface area contributed by atoms with Crippen molar-refractivity contribution < 1.29 is 13.2 Å². The summed E-state index contributed by atoms with van der Waals surface area (Å²) < 4.78 is 27.4. The number of carbonyl (C=O) groups excluding carboxylic acids is 1. The third-order valence-electron chi connectivity index (χ3n) is 4.72. The average Bonchev–Trinajstić information content (AvgIpc) is 2.99. The van der Waals surface area contributed by atoms with E-state index in [0.717, 1.165) is 5.56 Å². The van der Waals surface area contributed by atoms with Gasteiger partial charge in [-0.15, -0.1) is 0 Å². The normalized spacial score (nSPS) is 18.6. The number of rotatable bonds is 5. The van der Waals surface area contributed by atoms with Crippen molar-refractivity contribution in [2.45, 2.75) is 38.1 Å². The second kappa shape index (κ2) is 7.59. The number of hydrogen-bond acceptors (Lipinski definition) is 4. The molecule has 1 aliphatic heterocycles. The number of aromatic nitrogens is 2. The van der Waals surface area contributed by atoms with Crippen LogP contribution in [0, 0.1) is 19.8 Å². The summed E-state index contributed by atoms with van der Waals surface area (Å²) in [7, 11) is -3.65. The SMILES string of the molecule is Cc1n[nH]c(C)c1S(=O)(=O)N1CCCC(C(=O)NCc2ccccc2)C1. The van der Waals surface area contributed by atoms with Gasteiger partial charge in [0.2, 0.25) is 15.9 Å². The molecule has 1 aliphatic rings. The summed E-state index contributed by atoms with van der Waals surface area (Å²) in [6.45, 7) is 4.44. The Morgan fingerprint density at radius 3 is 2.69 bits per heavy atom. The topological polar surface area (TPSA) is 95.2 Å². The molecule has 26 heavy (non-hydrogen) atoms. The fourth-order valence-corrected chi connectivity index (χ4v) is 5.21. The maximum absolute atomic E-state index is 13.0. The second-order valence-corrected chi connectivity index (χ2v) is 8.54. The van der Waals surface area contributed by atoms with E-state index >= 15 is 0 Å². The van der Waals surface area contributed by atoms with E-state index in [2.05, 4.69) is 15.5 Å². The Hall–Kier alpha value is -2.19. The number of piperidine rings is 1. The lowest BCUT2D eigenvalue weighted by molar-refractivity contribution is -0.126. The number of nitrogens with zero attached hydrogens (tertiary/aromatic N) is 2. The molecule has 7 nitrogen and oxygen atoms in total. The molecular weight excluding hydrogens is 352 g/mol. The van der Waals surface area contributed by atoms with Crippen molar-refractivity contribution in [1.29, 1.82) is 0 Å². The van der Waals surface area contributed by atoms with Gasteiger partial charge in [-0.2, -0.15) is 9.40 Å². The summed E-state index contributed by atoms with van der Waals surface area (Å²) >= 11 is 0. The van der Waals surface area contributed by atoms with E-state index in [9.17, 15) is 13.2 Å². The molecule has 2 aromatic rings. The van der Waals surface area contributed by atoms with Crippen LogP contribution in [0.3, 0.4) is 0 Å². The highest BCUT2D eigenvalue weighted by Gasteiger charge is 2.35. The second-order valence-electron chi connectivity index (χ2n) is 6.67. The Balaban J connectivity index is 1.68. The molecule has 2 N–H and O–H groups in total. The van der Waals surface area contributed by atoms with Gasteiger partial charge < -0.3 is 5.32 Å². The smallest absolute Gasteiger partial charge is 0.246 e. The van der Waals surface area contributed by atoms with E-state index in [0.29, 0.717) is 37.3 Å². The van der Waals surface area contributed by atoms with Gasteiger partial charge in [-0.1, -0.05) is 30.3 Å². The number of H-pyrrole nitrogens is 1. The minimum atomic E-state index is -3.65. The molecule has 1 aromatic heterocycles. The molecule has 1 atom stereocenters. The lowest BCUT2D eigenvalue weighted by Gasteiger charge is -2.31. The largest absolute Gasteiger partial charge is 0.352 e. The van der Waals surface area contributed by atoms with Crippen LogP contribution in [0.2, 0.25) is 0 Å². The standard InChI is InChI=1S/C18H24N4O3S/c1-13-17(14(2)21-20-13)26(24,25)22-10-6-9-16(12-22)18(23)19-11-15-7-4-3-5-8-15/h3-5,7-8,16H,6,9-12H2,1-2H3,(H,19,23)(H,20,21). The number of aryl methyl sites for hydroxylation is 2. The van der Waals surface area contributed by atoms with Gasteiger partial charge in [-0.3, -0.25) is 9.89 Å². The number of aromatic amines is 1. The van der Waals surface area contributed by atoms with Gasteiger partial charge in [-0.25, -0.2) is 8.42 Å². The highest BCUT2D eigenvalue weighted by atomic mass is 32.2. The van der Waals surface area contributed by atoms with Crippen molar-refractivity contribution >= 4 is 15.9 Å². The van der Waals surface area contributed by atoms with Gasteiger partial charge in [0.05, 0.1) is 17.3 Å². The van der Waals surface area contributed by atoms with Crippen molar-refractivity contribution in [2.75, 3.05) is 13.1 Å². The fourth-order valence-electron chi connectivity index (χ4n) is 3.35. The molecule has 3 rings (SSSR count). The van der Waals surface area contributed by atoms with Crippen molar-refractivity contribution in [3.05, 3.63) is 47.3 Å². The molecular formula is C18H24N4O3S. The van der Waals surface area contributed by atoms with Gasteiger partial charge in [0, 0.05) is 19.6 Å². The minimum Gasteiger partial charge on any atom is -0.352 e. The molecule has 0 radical (unpaired) electrons. The minimum absolute atomic E-state index is 0.102. The van der Waals surface area contributed by atoms with E-state index in [1.54, 1.807) is 13.8 Å². The van der Waals surface area contributed by atoms with E-state index < -0.39 is 10.0 Å². The highest BCUT2D eigenvalue weighted by Crippen LogP contribution is 2.26. The summed E-state index contributed by atoms with van der Waals surface area (Å²) in [4.78, 5) is 12.7. The molecule has 2 heterocycles. The summed E-state index contributed by atoms with van der Waals surface area (Å²) in [5.74, 6) is -0.441. The van der Waals surface area contributed by atoms with Crippen LogP contribution < -0.4 is 5.32 Å². The molecule has 1 amide bonds. The van der Waals surface area contributed by atoms with Crippen molar-refractivity contribution in [2.24, 2.45) is 5.92 Å². The molecule has 1 unspecified atom stereocenters. The number of sulfonamides is 1. The van der Waals surface area contributed by atoms with Crippen LogP contribution in [0.1, 0.15) is 29.8 Å². The molecule has 0 spiro atoms. The molecule has 1 aromatic carbocycles. The first-order chi connectivity index (χ1) is 12.4. The number of hydrogen-bond donors (Lipinski definition) is 2. The molecule has 8 heteroatoms. The van der Waals surface area contributed by atoms with Crippen molar-refractivity contribution in [3.8, 4) is 0 Å². The Morgan fingerprint density at radius 1 is 1.31 bits per heavy atom. The number of benzene rings is 1. The summed E-state index contributed by atoms with van der Waals surface area (Å²) in [5, 5.41) is 9.62. The van der Waals surface area contributed by atoms with Gasteiger partial charge >= 0.3 is 0 Å². The average molecular weight is 376 g/mol. The third-order valence-corrected chi connectivity index (χ3v) is 6.85. The maximum Gasteiger partial charge on any atom is 0.246 e. The zero-order valence-corrected chi connectivity index (χ0v) is 15.8. The highest BCUT2D eigenvalue weighted by molar-refractivity contribution is 7.89. The van der Waals surface area contributed by atoms with Crippen LogP contribution in [0.25, 0.3) is 0 Å². The monoisotopic (exact) mass is 376 g/mol. The zero-order valence-electron chi connectivity index (χ0n) is 15.0. The van der Waals surface area contributed by atoms with E-state index in [1.807, 2.05) is 30.3 Å². The lowest BCUT2D eigenvalue weighted by atomic mass is 9.99. The molecule has 1 fully saturated rings. The van der Waals surface area contributed by atoms with E-state index in [1.165, 1.54) is 4.31 Å². The Kier molecular flexibility index (Phi) is 5.43. The zero-order chi connectivity index (χ0) is 18.7. The van der Waals surface area contributed by atoms with E-state index in [4.69, 9.17) is 0 Å². The Bertz CT molecular complexity index is 858. The van der Waals surface area contributed by atoms with E-state index in [-0.39, 0.29) is 23.3 Å². The number of carbonyl (C=O) groups is 1. The van der Waals surface area contributed by atoms with Crippen molar-refractivity contribution in [3.63, 3.8) is 0 Å². The maximum atomic E-state index is 13.0. The van der Waals surface area contributed by atoms with Gasteiger partial charge in [0.1, 0.15) is 4.90 Å². The molecule has 0 aliphatic carbocycles. The predicted molar refractivity (Wildman–Crippen MR) is 97.8 cm³/mol. The Morgan fingerprint density at radius 2 is 2.04 bits per heavy atom. The number of nitrogens with one attached hydrogen (secondary N) is 2. The van der Waals surface area contributed by atoms with Crippen LogP contribution in [0.15, 0.2) is 35.2 Å². The van der Waals surface area contributed by atoms with Crippen LogP contribution in [-0.2, 0) is 21.4 Å². The first-order valence-electron chi connectivity index (χ1n) is 8.73. The van der Waals surface area contributed by atoms with Crippen LogP contribution in [-0.4, -0.2) is 41.9 Å². The van der Waals surface area contributed by atoms with Crippen LogP contribution in [0.5, 0.6) is 0 Å². The number of amides is 1. The molecule has 0 bridgehead atoms. The van der Waals surface area contributed by atoms with Gasteiger partial charge in [0.25, 0.3) is 0 Å². The predicted octanol–water partition coefficient (Wildman–Crippen LogP) is 1.74. The summed E-state index contributed by atoms with van der Waals surface area (Å²) in [5.41, 5.74) is 2.00. The molecule has 140 valence electrons. The third kappa shape index (κ3) is 3.81. The summed E-state index contributed by atoms with van der Waals surface area (Å²) in [6.07, 6.45) is 1.36. The quantitative estimate of drug-likeness (QED) is 0.831. The first kappa shape index (κ1) is 18.6. The molecule has 0 saturated carbocycles. The first-order valence-corrected chi connectivity index (χ1v) is 10.2. The Labute approximate surface area is 153 Å². The van der Waals surface area contributed by atoms with Crippen LogP contribution in [0.4, 0.5) is 0 Å². The van der Waals surface area contributed by atoms with Gasteiger partial charge in [0.15, 0.2) is 0 Å². The fraction of sp³-hybridized carbons (Fsp3) is 0.444. The van der Waals surface area contributed by atoms with Crippen LogP contribution >= 0.6 is 0 Å². The van der Waals surface area contributed by atoms with Crippen molar-refractivity contribution in [1.82, 2.24) is 19.8 Å². The summed E-state index contributed by atoms with van der Waals surface area (Å²) in [6, 6.07) is 9.66.